The Balaban J connectivity index is 0.972. The highest BCUT2D eigenvalue weighted by Crippen LogP contribution is 2.37. The van der Waals surface area contributed by atoms with Gasteiger partial charge in [-0.15, -0.1) is 0 Å². The monoisotopic (exact) mass is 666 g/mol. The average molecular weight is 668 g/mol. The molecule has 4 rings (SSSR count). The zero-order valence-corrected chi connectivity index (χ0v) is 28.4. The van der Waals surface area contributed by atoms with Gasteiger partial charge in [-0.25, -0.2) is 0 Å². The van der Waals surface area contributed by atoms with E-state index in [1.54, 1.807) is 23.5 Å². The zero-order valence-electron chi connectivity index (χ0n) is 25.3. The molecular weight excluding hydrogens is 623 g/mol. The van der Waals surface area contributed by atoms with Gasteiger partial charge in [-0.2, -0.15) is 0 Å². The zero-order chi connectivity index (χ0) is 30.7. The molecule has 4 nitrogen and oxygen atoms in total. The van der Waals surface area contributed by atoms with Gasteiger partial charge < -0.3 is 21.3 Å². The fraction of sp³-hybridized carbons (Fsp3) is 0.333. The van der Waals surface area contributed by atoms with Crippen molar-refractivity contribution in [3.63, 3.8) is 0 Å². The van der Waals surface area contributed by atoms with Crippen LogP contribution in [0, 0.1) is 0 Å². The van der Waals surface area contributed by atoms with Crippen LogP contribution in [0.25, 0.3) is 0 Å². The molecule has 0 amide bonds. The molecule has 0 aliphatic heterocycles. The van der Waals surface area contributed by atoms with Gasteiger partial charge >= 0.3 is 0 Å². The van der Waals surface area contributed by atoms with Gasteiger partial charge in [0.25, 0.3) is 0 Å². The number of hydrogen-bond donors (Lipinski definition) is 4. The van der Waals surface area contributed by atoms with Crippen molar-refractivity contribution in [3.8, 4) is 0 Å². The molecule has 4 aromatic rings. The van der Waals surface area contributed by atoms with Crippen LogP contribution in [0.2, 0.25) is 10.0 Å². The first-order chi connectivity index (χ1) is 21.7. The van der Waals surface area contributed by atoms with Crippen LogP contribution in [-0.2, 0) is 0 Å². The van der Waals surface area contributed by atoms with Crippen molar-refractivity contribution in [1.29, 1.82) is 0 Å². The number of unbranched alkanes of at least 4 members (excludes halogenated alkanes) is 3. The summed E-state index contributed by atoms with van der Waals surface area (Å²) in [6.07, 6.45) is 7.12. The fourth-order valence-corrected chi connectivity index (χ4v) is 7.06. The highest BCUT2D eigenvalue weighted by atomic mass is 35.5. The third-order valence-electron chi connectivity index (χ3n) is 6.99. The molecular formula is C36H44Cl2N4S2. The summed E-state index contributed by atoms with van der Waals surface area (Å²) in [6, 6.07) is 33.0. The Morgan fingerprint density at radius 3 is 1.68 bits per heavy atom. The Bertz CT molecular complexity index is 1360. The second kappa shape index (κ2) is 20.7. The van der Waals surface area contributed by atoms with Crippen molar-refractivity contribution in [1.82, 2.24) is 10.6 Å². The lowest BCUT2D eigenvalue weighted by Crippen LogP contribution is -2.20. The highest BCUT2D eigenvalue weighted by molar-refractivity contribution is 7.99. The Kier molecular flexibility index (Phi) is 16.2. The number of hydrogen-bond acceptors (Lipinski definition) is 6. The molecule has 0 unspecified atom stereocenters. The van der Waals surface area contributed by atoms with Gasteiger partial charge in [-0.05, 0) is 106 Å². The number of anilines is 2. The Morgan fingerprint density at radius 2 is 1.05 bits per heavy atom. The lowest BCUT2D eigenvalue weighted by atomic mass is 10.2. The van der Waals surface area contributed by atoms with Crippen LogP contribution in [0.1, 0.15) is 38.5 Å². The topological polar surface area (TPSA) is 48.1 Å². The third-order valence-corrected chi connectivity index (χ3v) is 9.70. The normalized spacial score (nSPS) is 11.0. The van der Waals surface area contributed by atoms with Gasteiger partial charge in [-0.1, -0.05) is 102 Å². The fourth-order valence-electron chi connectivity index (χ4n) is 4.69. The molecule has 0 fully saturated rings. The summed E-state index contributed by atoms with van der Waals surface area (Å²) in [6.45, 7) is 6.00. The molecule has 0 atom stereocenters. The van der Waals surface area contributed by atoms with Crippen LogP contribution in [0.15, 0.2) is 117 Å². The molecule has 4 aromatic carbocycles. The van der Waals surface area contributed by atoms with E-state index in [9.17, 15) is 0 Å². The maximum absolute atomic E-state index is 6.51. The highest BCUT2D eigenvalue weighted by Gasteiger charge is 2.08. The molecule has 0 spiro atoms. The minimum atomic E-state index is 0.760. The van der Waals surface area contributed by atoms with Crippen molar-refractivity contribution >= 4 is 58.1 Å². The van der Waals surface area contributed by atoms with Crippen molar-refractivity contribution in [2.45, 2.75) is 58.1 Å². The summed E-state index contributed by atoms with van der Waals surface area (Å²) in [5, 5.41) is 15.8. The summed E-state index contributed by atoms with van der Waals surface area (Å²) < 4.78 is 0. The summed E-state index contributed by atoms with van der Waals surface area (Å²) in [7, 11) is 0. The molecule has 0 saturated carbocycles. The molecule has 0 aliphatic rings. The predicted octanol–water partition coefficient (Wildman–Crippen LogP) is 10.3. The predicted molar refractivity (Wildman–Crippen MR) is 194 cm³/mol. The quantitative estimate of drug-likeness (QED) is 0.0664. The van der Waals surface area contributed by atoms with Crippen molar-refractivity contribution < 1.29 is 0 Å². The van der Waals surface area contributed by atoms with E-state index in [0.29, 0.717) is 0 Å². The molecule has 0 aliphatic carbocycles. The number of halogens is 2. The van der Waals surface area contributed by atoms with E-state index in [0.717, 1.165) is 78.4 Å². The first-order valence-corrected chi connectivity index (χ1v) is 18.0. The molecule has 8 heteroatoms. The van der Waals surface area contributed by atoms with E-state index in [1.165, 1.54) is 40.4 Å². The summed E-state index contributed by atoms with van der Waals surface area (Å²) in [4.78, 5) is 4.80. The number of rotatable bonds is 21. The molecule has 234 valence electrons. The van der Waals surface area contributed by atoms with Crippen LogP contribution in [0.5, 0.6) is 0 Å². The minimum absolute atomic E-state index is 0.760. The molecule has 0 heterocycles. The van der Waals surface area contributed by atoms with E-state index in [-0.39, 0.29) is 0 Å². The second-order valence-corrected chi connectivity index (χ2v) is 13.6. The van der Waals surface area contributed by atoms with Crippen molar-refractivity contribution in [2.24, 2.45) is 0 Å². The van der Waals surface area contributed by atoms with Crippen molar-refractivity contribution in [3.05, 3.63) is 107 Å². The van der Waals surface area contributed by atoms with Crippen LogP contribution >= 0.6 is 46.7 Å². The summed E-state index contributed by atoms with van der Waals surface area (Å²) >= 11 is 16.3. The molecule has 0 bridgehead atoms. The molecule has 0 radical (unpaired) electrons. The minimum Gasteiger partial charge on any atom is -0.384 e. The number of nitrogens with one attached hydrogen (secondary N) is 4. The largest absolute Gasteiger partial charge is 0.384 e. The molecule has 0 aromatic heterocycles. The smallest absolute Gasteiger partial charge is 0.0671 e. The van der Waals surface area contributed by atoms with E-state index in [4.69, 9.17) is 23.2 Å². The lowest BCUT2D eigenvalue weighted by molar-refractivity contribution is 0.558. The Morgan fingerprint density at radius 1 is 0.477 bits per heavy atom. The maximum Gasteiger partial charge on any atom is 0.0671 e. The van der Waals surface area contributed by atoms with Crippen LogP contribution < -0.4 is 21.3 Å². The van der Waals surface area contributed by atoms with E-state index < -0.39 is 0 Å². The average Bonchev–Trinajstić information content (AvgIpc) is 3.04. The molecule has 0 saturated heterocycles. The molecule has 4 N–H and O–H groups in total. The van der Waals surface area contributed by atoms with E-state index in [1.807, 2.05) is 36.4 Å². The maximum atomic E-state index is 6.51. The molecule has 44 heavy (non-hydrogen) atoms. The lowest BCUT2D eigenvalue weighted by Gasteiger charge is -2.14. The van der Waals surface area contributed by atoms with Crippen LogP contribution in [0.4, 0.5) is 11.4 Å². The Labute approximate surface area is 282 Å². The first-order valence-electron chi connectivity index (χ1n) is 15.6. The Hall–Kier alpha value is -2.32. The van der Waals surface area contributed by atoms with E-state index >= 15 is 0 Å². The van der Waals surface area contributed by atoms with Gasteiger partial charge in [0, 0.05) is 43.4 Å². The van der Waals surface area contributed by atoms with Gasteiger partial charge in [0.1, 0.15) is 0 Å². The van der Waals surface area contributed by atoms with Crippen LogP contribution in [-0.4, -0.2) is 39.3 Å². The van der Waals surface area contributed by atoms with Crippen molar-refractivity contribution in [2.75, 3.05) is 49.9 Å². The van der Waals surface area contributed by atoms with Gasteiger partial charge in [0.05, 0.1) is 10.7 Å². The standard InChI is InChI=1S/C36H44Cl2N4S2/c37-29-20-21-34(43-30-14-5-3-6-15-30)33(28-29)41-26-12-24-39-22-9-1-2-10-23-40-25-13-27-42-36-32(38)18-11-19-35(36)44-31-16-7-4-8-17-31/h3-8,11,14-21,28,39-42H,1-2,9-10,12-13,22-27H2. The van der Waals surface area contributed by atoms with Crippen LogP contribution in [0.3, 0.4) is 0 Å². The van der Waals surface area contributed by atoms with Gasteiger partial charge in [-0.3, -0.25) is 0 Å². The van der Waals surface area contributed by atoms with Gasteiger partial charge in [0.15, 0.2) is 0 Å². The number of para-hydroxylation sites is 1. The summed E-state index contributed by atoms with van der Waals surface area (Å²) in [5.74, 6) is 0. The summed E-state index contributed by atoms with van der Waals surface area (Å²) in [5.41, 5.74) is 2.13. The first kappa shape index (κ1) is 34.6. The van der Waals surface area contributed by atoms with Gasteiger partial charge in [0.2, 0.25) is 0 Å². The number of benzene rings is 4. The third kappa shape index (κ3) is 13.0. The second-order valence-electron chi connectivity index (χ2n) is 10.6. The SMILES string of the molecule is Clc1ccc(Sc2ccccc2)c(NCCCNCCCCCCNCCCNc2c(Cl)cccc2Sc2ccccc2)c1. The van der Waals surface area contributed by atoms with E-state index in [2.05, 4.69) is 81.9 Å².